The van der Waals surface area contributed by atoms with E-state index in [2.05, 4.69) is 10.4 Å². The third-order valence-electron chi connectivity index (χ3n) is 2.30. The molecule has 1 aromatic heterocycles. The SMILES string of the molecule is Cn1ccc(Nc2ccc(N)c(C(N)=O)c2)n1. The third kappa shape index (κ3) is 2.36. The van der Waals surface area contributed by atoms with Gasteiger partial charge in [-0.05, 0) is 18.2 Å². The highest BCUT2D eigenvalue weighted by Crippen LogP contribution is 2.20. The maximum atomic E-state index is 11.1. The number of nitrogens with one attached hydrogen (secondary N) is 1. The van der Waals surface area contributed by atoms with Gasteiger partial charge in [0.15, 0.2) is 5.82 Å². The third-order valence-corrected chi connectivity index (χ3v) is 2.30. The number of nitrogen functional groups attached to an aromatic ring is 1. The molecule has 0 aliphatic heterocycles. The number of benzene rings is 1. The molecule has 0 saturated carbocycles. The van der Waals surface area contributed by atoms with Crippen LogP contribution in [0.3, 0.4) is 0 Å². The highest BCUT2D eigenvalue weighted by Gasteiger charge is 2.07. The van der Waals surface area contributed by atoms with Crippen LogP contribution < -0.4 is 16.8 Å². The second kappa shape index (κ2) is 4.17. The standard InChI is InChI=1S/C11H13N5O/c1-16-5-4-10(15-16)14-7-2-3-9(12)8(6-7)11(13)17/h2-6H,12H2,1H3,(H2,13,17)(H,14,15). The molecule has 17 heavy (non-hydrogen) atoms. The molecule has 0 unspecified atom stereocenters. The first-order valence-corrected chi connectivity index (χ1v) is 5.02. The topological polar surface area (TPSA) is 99.0 Å². The molecule has 0 bridgehead atoms. The predicted molar refractivity (Wildman–Crippen MR) is 65.9 cm³/mol. The molecule has 0 aliphatic carbocycles. The van der Waals surface area contributed by atoms with E-state index in [4.69, 9.17) is 11.5 Å². The van der Waals surface area contributed by atoms with E-state index in [9.17, 15) is 4.79 Å². The molecule has 1 aromatic carbocycles. The predicted octanol–water partition coefficient (Wildman–Crippen LogP) is 0.845. The van der Waals surface area contributed by atoms with Crippen LogP contribution in [0.2, 0.25) is 0 Å². The lowest BCUT2D eigenvalue weighted by Crippen LogP contribution is -2.13. The van der Waals surface area contributed by atoms with Crippen molar-refractivity contribution in [3.63, 3.8) is 0 Å². The van der Waals surface area contributed by atoms with E-state index in [1.807, 2.05) is 19.3 Å². The highest BCUT2D eigenvalue weighted by molar-refractivity contribution is 5.99. The Bertz CT molecular complexity index is 561. The first kappa shape index (κ1) is 11.0. The van der Waals surface area contributed by atoms with Crippen LogP contribution in [0.25, 0.3) is 0 Å². The molecule has 0 fully saturated rings. The van der Waals surface area contributed by atoms with Crippen LogP contribution in [0.4, 0.5) is 17.2 Å². The summed E-state index contributed by atoms with van der Waals surface area (Å²) >= 11 is 0. The van der Waals surface area contributed by atoms with Crippen LogP contribution in [0.1, 0.15) is 10.4 Å². The van der Waals surface area contributed by atoms with Crippen LogP contribution in [-0.2, 0) is 7.05 Å². The van der Waals surface area contributed by atoms with Crippen molar-refractivity contribution < 1.29 is 4.79 Å². The Kier molecular flexibility index (Phi) is 2.70. The first-order valence-electron chi connectivity index (χ1n) is 5.02. The maximum absolute atomic E-state index is 11.1. The van der Waals surface area contributed by atoms with E-state index in [1.54, 1.807) is 22.9 Å². The van der Waals surface area contributed by atoms with Crippen molar-refractivity contribution in [3.05, 3.63) is 36.0 Å². The van der Waals surface area contributed by atoms with Gasteiger partial charge in [0.05, 0.1) is 5.56 Å². The summed E-state index contributed by atoms with van der Waals surface area (Å²) in [5, 5.41) is 7.21. The smallest absolute Gasteiger partial charge is 0.250 e. The second-order valence-electron chi connectivity index (χ2n) is 3.67. The average molecular weight is 231 g/mol. The molecule has 6 nitrogen and oxygen atoms in total. The van der Waals surface area contributed by atoms with Crippen LogP contribution in [0.5, 0.6) is 0 Å². The molecule has 1 heterocycles. The van der Waals surface area contributed by atoms with Crippen LogP contribution in [0, 0.1) is 0 Å². The van der Waals surface area contributed by atoms with E-state index >= 15 is 0 Å². The number of nitrogens with zero attached hydrogens (tertiary/aromatic N) is 2. The van der Waals surface area contributed by atoms with E-state index in [0.29, 0.717) is 22.8 Å². The van der Waals surface area contributed by atoms with Gasteiger partial charge in [-0.15, -0.1) is 0 Å². The summed E-state index contributed by atoms with van der Waals surface area (Å²) in [6, 6.07) is 6.81. The van der Waals surface area contributed by atoms with E-state index in [0.717, 1.165) is 0 Å². The minimum absolute atomic E-state index is 0.297. The van der Waals surface area contributed by atoms with Gasteiger partial charge in [0, 0.05) is 30.7 Å². The number of aromatic nitrogens is 2. The lowest BCUT2D eigenvalue weighted by molar-refractivity contribution is 0.100. The van der Waals surface area contributed by atoms with Crippen LogP contribution in [-0.4, -0.2) is 15.7 Å². The van der Waals surface area contributed by atoms with Gasteiger partial charge in [-0.25, -0.2) is 0 Å². The van der Waals surface area contributed by atoms with Crippen molar-refractivity contribution >= 4 is 23.1 Å². The van der Waals surface area contributed by atoms with Crippen molar-refractivity contribution in [3.8, 4) is 0 Å². The van der Waals surface area contributed by atoms with Gasteiger partial charge in [0.2, 0.25) is 0 Å². The summed E-state index contributed by atoms with van der Waals surface area (Å²) in [4.78, 5) is 11.1. The number of aryl methyl sites for hydroxylation is 1. The molecule has 0 atom stereocenters. The van der Waals surface area contributed by atoms with Crippen molar-refractivity contribution in [1.82, 2.24) is 9.78 Å². The van der Waals surface area contributed by atoms with E-state index in [1.165, 1.54) is 0 Å². The van der Waals surface area contributed by atoms with E-state index in [-0.39, 0.29) is 0 Å². The Morgan fingerprint density at radius 1 is 1.41 bits per heavy atom. The minimum atomic E-state index is -0.549. The second-order valence-corrected chi connectivity index (χ2v) is 3.67. The molecule has 2 rings (SSSR count). The lowest BCUT2D eigenvalue weighted by Gasteiger charge is -2.06. The van der Waals surface area contributed by atoms with Crippen molar-refractivity contribution in [2.75, 3.05) is 11.1 Å². The Morgan fingerprint density at radius 2 is 2.18 bits per heavy atom. The fourth-order valence-electron chi connectivity index (χ4n) is 1.48. The zero-order chi connectivity index (χ0) is 12.4. The van der Waals surface area contributed by atoms with Gasteiger partial charge in [-0.2, -0.15) is 5.10 Å². The molecule has 2 aromatic rings. The number of amides is 1. The fourth-order valence-corrected chi connectivity index (χ4v) is 1.48. The summed E-state index contributed by atoms with van der Waals surface area (Å²) < 4.78 is 1.68. The van der Waals surface area contributed by atoms with Gasteiger partial charge in [-0.3, -0.25) is 9.48 Å². The minimum Gasteiger partial charge on any atom is -0.398 e. The Balaban J connectivity index is 2.28. The largest absolute Gasteiger partial charge is 0.398 e. The van der Waals surface area contributed by atoms with Gasteiger partial charge in [0.25, 0.3) is 5.91 Å². The molecule has 1 amide bonds. The summed E-state index contributed by atoms with van der Waals surface area (Å²) in [7, 11) is 1.82. The molecule has 0 radical (unpaired) electrons. The quantitative estimate of drug-likeness (QED) is 0.682. The zero-order valence-corrected chi connectivity index (χ0v) is 9.34. The van der Waals surface area contributed by atoms with Gasteiger partial charge >= 0.3 is 0 Å². The Morgan fingerprint density at radius 3 is 2.76 bits per heavy atom. The van der Waals surface area contributed by atoms with Gasteiger partial charge in [0.1, 0.15) is 0 Å². The number of carbonyl (C=O) groups excluding carboxylic acids is 1. The number of carbonyl (C=O) groups is 1. The fraction of sp³-hybridized carbons (Fsp3) is 0.0909. The summed E-state index contributed by atoms with van der Waals surface area (Å²) in [5.74, 6) is 0.139. The maximum Gasteiger partial charge on any atom is 0.250 e. The number of nitrogens with two attached hydrogens (primary N) is 2. The van der Waals surface area contributed by atoms with Gasteiger partial charge < -0.3 is 16.8 Å². The van der Waals surface area contributed by atoms with Crippen molar-refractivity contribution in [2.24, 2.45) is 12.8 Å². The molecular weight excluding hydrogens is 218 g/mol. The normalized spacial score (nSPS) is 10.2. The molecule has 0 saturated heterocycles. The monoisotopic (exact) mass is 231 g/mol. The van der Waals surface area contributed by atoms with E-state index < -0.39 is 5.91 Å². The first-order chi connectivity index (χ1) is 8.06. The number of rotatable bonds is 3. The number of hydrogen-bond acceptors (Lipinski definition) is 4. The molecule has 5 N–H and O–H groups in total. The molecule has 0 aliphatic rings. The molecule has 6 heteroatoms. The molecular formula is C11H13N5O. The Hall–Kier alpha value is -2.50. The van der Waals surface area contributed by atoms with Crippen molar-refractivity contribution in [1.29, 1.82) is 0 Å². The Labute approximate surface area is 98.2 Å². The van der Waals surface area contributed by atoms with Crippen LogP contribution >= 0.6 is 0 Å². The number of anilines is 3. The summed E-state index contributed by atoms with van der Waals surface area (Å²) in [5.41, 5.74) is 12.2. The van der Waals surface area contributed by atoms with Crippen LogP contribution in [0.15, 0.2) is 30.5 Å². The highest BCUT2D eigenvalue weighted by atomic mass is 16.1. The summed E-state index contributed by atoms with van der Waals surface area (Å²) in [6.07, 6.45) is 1.81. The molecule has 88 valence electrons. The van der Waals surface area contributed by atoms with Crippen molar-refractivity contribution in [2.45, 2.75) is 0 Å². The average Bonchev–Trinajstić information content (AvgIpc) is 2.66. The zero-order valence-electron chi connectivity index (χ0n) is 9.34. The summed E-state index contributed by atoms with van der Waals surface area (Å²) in [6.45, 7) is 0. The lowest BCUT2D eigenvalue weighted by atomic mass is 10.1. The van der Waals surface area contributed by atoms with Gasteiger partial charge in [-0.1, -0.05) is 0 Å². The molecule has 0 spiro atoms. The number of hydrogen-bond donors (Lipinski definition) is 3. The number of primary amides is 1.